The van der Waals surface area contributed by atoms with Crippen molar-refractivity contribution < 1.29 is 14.3 Å². The molecule has 0 saturated carbocycles. The van der Waals surface area contributed by atoms with E-state index in [9.17, 15) is 9.59 Å². The van der Waals surface area contributed by atoms with Crippen LogP contribution in [-0.4, -0.2) is 30.0 Å². The highest BCUT2D eigenvalue weighted by Gasteiger charge is 2.24. The number of H-pyrrole nitrogens is 1. The molecule has 0 unspecified atom stereocenters. The van der Waals surface area contributed by atoms with Crippen molar-refractivity contribution in [3.8, 4) is 0 Å². The van der Waals surface area contributed by atoms with Crippen molar-refractivity contribution >= 4 is 11.9 Å². The molecule has 0 aliphatic carbocycles. The van der Waals surface area contributed by atoms with Crippen LogP contribution in [0.5, 0.6) is 0 Å². The maximum atomic E-state index is 12.3. The number of carbonyl (C=O) groups is 2. The van der Waals surface area contributed by atoms with Crippen molar-refractivity contribution in [3.05, 3.63) is 22.5 Å². The van der Waals surface area contributed by atoms with Crippen LogP contribution in [0.2, 0.25) is 0 Å². The summed E-state index contributed by atoms with van der Waals surface area (Å²) < 4.78 is 4.79. The maximum Gasteiger partial charge on any atom is 0.339 e. The van der Waals surface area contributed by atoms with Gasteiger partial charge in [-0.05, 0) is 31.7 Å². The Kier molecular flexibility index (Phi) is 5.80. The lowest BCUT2D eigenvalue weighted by Crippen LogP contribution is -2.34. The topological polar surface area (TPSA) is 71.2 Å². The molecule has 0 fully saturated rings. The van der Waals surface area contributed by atoms with Crippen LogP contribution in [0.3, 0.4) is 0 Å². The lowest BCUT2D eigenvalue weighted by atomic mass is 10.1. The molecule has 0 aliphatic rings. The zero-order valence-corrected chi connectivity index (χ0v) is 12.9. The van der Waals surface area contributed by atoms with Gasteiger partial charge in [0, 0.05) is 11.7 Å². The van der Waals surface area contributed by atoms with Gasteiger partial charge in [-0.2, -0.15) is 0 Å². The van der Waals surface area contributed by atoms with E-state index >= 15 is 0 Å². The third-order valence-corrected chi connectivity index (χ3v) is 3.62. The van der Waals surface area contributed by atoms with Gasteiger partial charge < -0.3 is 15.0 Å². The average molecular weight is 280 g/mol. The molecule has 0 bridgehead atoms. The van der Waals surface area contributed by atoms with Crippen LogP contribution in [0.1, 0.15) is 65.7 Å². The molecule has 5 heteroatoms. The summed E-state index contributed by atoms with van der Waals surface area (Å²) in [6, 6.07) is 0.150. The van der Waals surface area contributed by atoms with Crippen LogP contribution in [0.15, 0.2) is 0 Å². The van der Waals surface area contributed by atoms with E-state index in [4.69, 9.17) is 4.74 Å². The molecule has 5 nitrogen and oxygen atoms in total. The minimum atomic E-state index is -0.405. The van der Waals surface area contributed by atoms with Gasteiger partial charge in [0.15, 0.2) is 0 Å². The van der Waals surface area contributed by atoms with Gasteiger partial charge in [-0.3, -0.25) is 4.79 Å². The smallest absolute Gasteiger partial charge is 0.339 e. The average Bonchev–Trinajstić information content (AvgIpc) is 2.80. The standard InChI is InChI=1S/C15H24N2O3/c1-6-10(7-2)16-14(18)13-9(4)12(15(19)20-5)11(8-3)17-13/h10,17H,6-8H2,1-5H3,(H,16,18). The second-order valence-corrected chi connectivity index (χ2v) is 4.81. The number of hydrogen-bond acceptors (Lipinski definition) is 3. The van der Waals surface area contributed by atoms with Crippen molar-refractivity contribution in [3.63, 3.8) is 0 Å². The van der Waals surface area contributed by atoms with Gasteiger partial charge in [0.05, 0.1) is 12.7 Å². The van der Waals surface area contributed by atoms with E-state index < -0.39 is 5.97 Å². The first kappa shape index (κ1) is 16.3. The summed E-state index contributed by atoms with van der Waals surface area (Å²) in [7, 11) is 1.35. The van der Waals surface area contributed by atoms with E-state index in [-0.39, 0.29) is 11.9 Å². The molecule has 1 rings (SSSR count). The zero-order chi connectivity index (χ0) is 15.3. The number of amides is 1. The largest absolute Gasteiger partial charge is 0.465 e. The van der Waals surface area contributed by atoms with E-state index in [1.165, 1.54) is 7.11 Å². The van der Waals surface area contributed by atoms with E-state index in [0.717, 1.165) is 18.5 Å². The van der Waals surface area contributed by atoms with Gasteiger partial charge in [-0.1, -0.05) is 20.8 Å². The molecule has 112 valence electrons. The van der Waals surface area contributed by atoms with Crippen LogP contribution in [-0.2, 0) is 11.2 Å². The summed E-state index contributed by atoms with van der Waals surface area (Å²) >= 11 is 0. The minimum absolute atomic E-state index is 0.150. The number of carbonyl (C=O) groups excluding carboxylic acids is 2. The number of methoxy groups -OCH3 is 1. The van der Waals surface area contributed by atoms with Crippen LogP contribution in [0, 0.1) is 6.92 Å². The van der Waals surface area contributed by atoms with Gasteiger partial charge in [0.2, 0.25) is 0 Å². The van der Waals surface area contributed by atoms with Gasteiger partial charge >= 0.3 is 5.97 Å². The Labute approximate surface area is 120 Å². The number of aromatic nitrogens is 1. The SMILES string of the molecule is CCc1[nH]c(C(=O)NC(CC)CC)c(C)c1C(=O)OC. The zero-order valence-electron chi connectivity index (χ0n) is 12.9. The first-order valence-corrected chi connectivity index (χ1v) is 7.10. The Morgan fingerprint density at radius 2 is 1.85 bits per heavy atom. The summed E-state index contributed by atoms with van der Waals surface area (Å²) in [5.41, 5.74) is 2.32. The van der Waals surface area contributed by atoms with Crippen molar-refractivity contribution in [1.29, 1.82) is 0 Å². The van der Waals surface area contributed by atoms with Crippen molar-refractivity contribution in [2.24, 2.45) is 0 Å². The van der Waals surface area contributed by atoms with Crippen LogP contribution < -0.4 is 5.32 Å². The number of ether oxygens (including phenoxy) is 1. The predicted octanol–water partition coefficient (Wildman–Crippen LogP) is 2.59. The number of aryl methyl sites for hydroxylation is 1. The first-order chi connectivity index (χ1) is 9.49. The molecule has 1 aromatic heterocycles. The number of aromatic amines is 1. The Morgan fingerprint density at radius 3 is 2.30 bits per heavy atom. The second kappa shape index (κ2) is 7.12. The quantitative estimate of drug-likeness (QED) is 0.787. The third kappa shape index (κ3) is 3.21. The number of esters is 1. The molecule has 20 heavy (non-hydrogen) atoms. The fourth-order valence-electron chi connectivity index (χ4n) is 2.28. The monoisotopic (exact) mass is 280 g/mol. The summed E-state index contributed by atoms with van der Waals surface area (Å²) in [6.07, 6.45) is 2.41. The Balaban J connectivity index is 3.10. The summed E-state index contributed by atoms with van der Waals surface area (Å²) in [5, 5.41) is 2.97. The normalized spacial score (nSPS) is 10.7. The minimum Gasteiger partial charge on any atom is -0.465 e. The van der Waals surface area contributed by atoms with Gasteiger partial charge in [0.1, 0.15) is 5.69 Å². The van der Waals surface area contributed by atoms with E-state index in [2.05, 4.69) is 10.3 Å². The number of nitrogens with one attached hydrogen (secondary N) is 2. The number of hydrogen-bond donors (Lipinski definition) is 2. The molecular formula is C15H24N2O3. The summed E-state index contributed by atoms with van der Waals surface area (Å²) in [4.78, 5) is 27.2. The fraction of sp³-hybridized carbons (Fsp3) is 0.600. The molecule has 0 aromatic carbocycles. The molecule has 0 spiro atoms. The second-order valence-electron chi connectivity index (χ2n) is 4.81. The third-order valence-electron chi connectivity index (χ3n) is 3.62. The lowest BCUT2D eigenvalue weighted by Gasteiger charge is -2.14. The Bertz CT molecular complexity index is 488. The molecule has 2 N–H and O–H groups in total. The van der Waals surface area contributed by atoms with Crippen LogP contribution >= 0.6 is 0 Å². The Hall–Kier alpha value is -1.78. The van der Waals surface area contributed by atoms with E-state index in [1.807, 2.05) is 20.8 Å². The number of rotatable bonds is 6. The van der Waals surface area contributed by atoms with Crippen LogP contribution in [0.4, 0.5) is 0 Å². The van der Waals surface area contributed by atoms with Crippen molar-refractivity contribution in [1.82, 2.24) is 10.3 Å². The van der Waals surface area contributed by atoms with Crippen LogP contribution in [0.25, 0.3) is 0 Å². The van der Waals surface area contributed by atoms with Crippen molar-refractivity contribution in [2.75, 3.05) is 7.11 Å². The van der Waals surface area contributed by atoms with Gasteiger partial charge in [-0.15, -0.1) is 0 Å². The molecule has 0 saturated heterocycles. The van der Waals surface area contributed by atoms with Gasteiger partial charge in [-0.25, -0.2) is 4.79 Å². The van der Waals surface area contributed by atoms with Gasteiger partial charge in [0.25, 0.3) is 5.91 Å². The van der Waals surface area contributed by atoms with Crippen molar-refractivity contribution in [2.45, 2.75) is 53.0 Å². The van der Waals surface area contributed by atoms with E-state index in [0.29, 0.717) is 23.2 Å². The highest BCUT2D eigenvalue weighted by atomic mass is 16.5. The summed E-state index contributed by atoms with van der Waals surface area (Å²) in [5.74, 6) is -0.571. The Morgan fingerprint density at radius 1 is 1.25 bits per heavy atom. The fourth-order valence-corrected chi connectivity index (χ4v) is 2.28. The highest BCUT2D eigenvalue weighted by Crippen LogP contribution is 2.20. The van der Waals surface area contributed by atoms with E-state index in [1.54, 1.807) is 6.92 Å². The first-order valence-electron chi connectivity index (χ1n) is 7.10. The molecule has 0 atom stereocenters. The molecule has 0 aliphatic heterocycles. The highest BCUT2D eigenvalue weighted by molar-refractivity contribution is 6.00. The molecule has 1 aromatic rings. The molecule has 0 radical (unpaired) electrons. The molecular weight excluding hydrogens is 256 g/mol. The lowest BCUT2D eigenvalue weighted by molar-refractivity contribution is 0.0599. The maximum absolute atomic E-state index is 12.3. The predicted molar refractivity (Wildman–Crippen MR) is 78.1 cm³/mol. The molecule has 1 amide bonds. The molecule has 1 heterocycles. The summed E-state index contributed by atoms with van der Waals surface area (Å²) in [6.45, 7) is 7.77.